The fourth-order valence-corrected chi connectivity index (χ4v) is 2.83. The van der Waals surface area contributed by atoms with Crippen molar-refractivity contribution in [2.24, 2.45) is 5.92 Å². The first-order chi connectivity index (χ1) is 10.1. The number of carbonyl (C=O) groups excluding carboxylic acids is 1. The average molecular weight is 296 g/mol. The third-order valence-electron chi connectivity index (χ3n) is 4.01. The van der Waals surface area contributed by atoms with Gasteiger partial charge in [-0.05, 0) is 19.3 Å². The van der Waals surface area contributed by atoms with Crippen molar-refractivity contribution in [1.29, 1.82) is 0 Å². The number of nitrogens with one attached hydrogen (secondary N) is 2. The Kier molecular flexibility index (Phi) is 6.04. The number of aliphatic carboxylic acids is 1. The summed E-state index contributed by atoms with van der Waals surface area (Å²) in [5.41, 5.74) is 0. The van der Waals surface area contributed by atoms with Gasteiger partial charge in [0.15, 0.2) is 0 Å². The van der Waals surface area contributed by atoms with Crippen LogP contribution in [0.25, 0.3) is 0 Å². The lowest BCUT2D eigenvalue weighted by atomic mass is 9.98. The summed E-state index contributed by atoms with van der Waals surface area (Å²) in [5, 5.41) is 14.3. The fourth-order valence-electron chi connectivity index (χ4n) is 2.83. The molecule has 2 rings (SSSR count). The predicted molar refractivity (Wildman–Crippen MR) is 78.0 cm³/mol. The molecule has 0 aliphatic heterocycles. The zero-order valence-electron chi connectivity index (χ0n) is 12.2. The number of rotatable bonds is 6. The van der Waals surface area contributed by atoms with E-state index in [4.69, 9.17) is 9.84 Å². The standard InChI is InChI=1S/C15H24N2O4/c18-14(19)11-6-7-12(10-11)17-15(20)16-8-9-21-13-4-2-1-3-5-13/h6-7,11-13H,1-5,8-10H2,(H,18,19)(H2,16,17,20). The van der Waals surface area contributed by atoms with Gasteiger partial charge >= 0.3 is 12.0 Å². The lowest BCUT2D eigenvalue weighted by molar-refractivity contribution is -0.140. The summed E-state index contributed by atoms with van der Waals surface area (Å²) in [6.07, 6.45) is 10.1. The second kappa shape index (κ2) is 8.02. The van der Waals surface area contributed by atoms with E-state index in [9.17, 15) is 9.59 Å². The van der Waals surface area contributed by atoms with Crippen LogP contribution in [0.3, 0.4) is 0 Å². The van der Waals surface area contributed by atoms with E-state index in [-0.39, 0.29) is 12.1 Å². The molecule has 0 aromatic carbocycles. The Labute approximate surface area is 124 Å². The summed E-state index contributed by atoms with van der Waals surface area (Å²) in [4.78, 5) is 22.5. The molecule has 21 heavy (non-hydrogen) atoms. The van der Waals surface area contributed by atoms with Gasteiger partial charge in [0, 0.05) is 6.54 Å². The van der Waals surface area contributed by atoms with E-state index >= 15 is 0 Å². The fraction of sp³-hybridized carbons (Fsp3) is 0.733. The van der Waals surface area contributed by atoms with E-state index in [1.807, 2.05) is 0 Å². The molecule has 1 saturated carbocycles. The minimum Gasteiger partial charge on any atom is -0.481 e. The minimum atomic E-state index is -0.850. The smallest absolute Gasteiger partial charge is 0.315 e. The van der Waals surface area contributed by atoms with Gasteiger partial charge in [0.2, 0.25) is 0 Å². The highest BCUT2D eigenvalue weighted by Crippen LogP contribution is 2.20. The summed E-state index contributed by atoms with van der Waals surface area (Å²) in [6.45, 7) is 0.997. The summed E-state index contributed by atoms with van der Waals surface area (Å²) in [7, 11) is 0. The molecule has 2 unspecified atom stereocenters. The Morgan fingerprint density at radius 1 is 1.19 bits per heavy atom. The second-order valence-electron chi connectivity index (χ2n) is 5.70. The van der Waals surface area contributed by atoms with E-state index in [2.05, 4.69) is 10.6 Å². The lowest BCUT2D eigenvalue weighted by Crippen LogP contribution is -2.42. The van der Waals surface area contributed by atoms with Crippen molar-refractivity contribution >= 4 is 12.0 Å². The molecule has 0 spiro atoms. The van der Waals surface area contributed by atoms with Gasteiger partial charge in [-0.15, -0.1) is 0 Å². The van der Waals surface area contributed by atoms with Gasteiger partial charge in [-0.2, -0.15) is 0 Å². The summed E-state index contributed by atoms with van der Waals surface area (Å²) < 4.78 is 5.72. The topological polar surface area (TPSA) is 87.7 Å². The SMILES string of the molecule is O=C(NCCOC1CCCCC1)NC1C=CC(C(=O)O)C1. The largest absolute Gasteiger partial charge is 0.481 e. The number of hydrogen-bond donors (Lipinski definition) is 3. The quantitative estimate of drug-likeness (QED) is 0.514. The Balaban J connectivity index is 1.54. The van der Waals surface area contributed by atoms with E-state index in [1.165, 1.54) is 19.3 Å². The van der Waals surface area contributed by atoms with Crippen molar-refractivity contribution in [3.63, 3.8) is 0 Å². The van der Waals surface area contributed by atoms with Gasteiger partial charge in [0.05, 0.1) is 24.7 Å². The van der Waals surface area contributed by atoms with Crippen LogP contribution in [0.5, 0.6) is 0 Å². The maximum atomic E-state index is 11.7. The van der Waals surface area contributed by atoms with Crippen molar-refractivity contribution in [2.45, 2.75) is 50.7 Å². The highest BCUT2D eigenvalue weighted by atomic mass is 16.5. The van der Waals surface area contributed by atoms with Crippen LogP contribution in [0.15, 0.2) is 12.2 Å². The van der Waals surface area contributed by atoms with Gasteiger partial charge in [-0.1, -0.05) is 31.4 Å². The van der Waals surface area contributed by atoms with Crippen molar-refractivity contribution in [2.75, 3.05) is 13.2 Å². The van der Waals surface area contributed by atoms with Crippen LogP contribution in [-0.4, -0.2) is 42.4 Å². The first-order valence-corrected chi connectivity index (χ1v) is 7.72. The Morgan fingerprint density at radius 3 is 2.62 bits per heavy atom. The molecule has 6 nitrogen and oxygen atoms in total. The van der Waals surface area contributed by atoms with Crippen LogP contribution in [0.4, 0.5) is 4.79 Å². The molecule has 0 aromatic heterocycles. The first-order valence-electron chi connectivity index (χ1n) is 7.72. The molecular formula is C15H24N2O4. The Bertz CT molecular complexity index is 391. The highest BCUT2D eigenvalue weighted by Gasteiger charge is 2.25. The summed E-state index contributed by atoms with van der Waals surface area (Å²) in [5.74, 6) is -1.35. The van der Waals surface area contributed by atoms with E-state index in [0.717, 1.165) is 12.8 Å². The molecule has 0 heterocycles. The Morgan fingerprint density at radius 2 is 1.95 bits per heavy atom. The molecule has 0 saturated heterocycles. The van der Waals surface area contributed by atoms with Gasteiger partial charge in [-0.3, -0.25) is 4.79 Å². The Hall–Kier alpha value is -1.56. The van der Waals surface area contributed by atoms with Crippen molar-refractivity contribution in [3.05, 3.63) is 12.2 Å². The van der Waals surface area contributed by atoms with Crippen LogP contribution >= 0.6 is 0 Å². The van der Waals surface area contributed by atoms with Crippen LogP contribution in [0, 0.1) is 5.92 Å². The van der Waals surface area contributed by atoms with Crippen molar-refractivity contribution in [1.82, 2.24) is 10.6 Å². The maximum Gasteiger partial charge on any atom is 0.315 e. The van der Waals surface area contributed by atoms with Crippen LogP contribution < -0.4 is 10.6 Å². The van der Waals surface area contributed by atoms with Crippen LogP contribution in [0.2, 0.25) is 0 Å². The normalized spacial score (nSPS) is 25.7. The van der Waals surface area contributed by atoms with E-state index in [0.29, 0.717) is 25.7 Å². The molecule has 6 heteroatoms. The summed E-state index contributed by atoms with van der Waals surface area (Å²) >= 11 is 0. The molecular weight excluding hydrogens is 272 g/mol. The minimum absolute atomic E-state index is 0.203. The molecule has 0 radical (unpaired) electrons. The molecule has 2 atom stereocenters. The number of urea groups is 1. The monoisotopic (exact) mass is 296 g/mol. The average Bonchev–Trinajstić information content (AvgIpc) is 2.93. The molecule has 2 aliphatic rings. The van der Waals surface area contributed by atoms with Crippen molar-refractivity contribution in [3.8, 4) is 0 Å². The number of hydrogen-bond acceptors (Lipinski definition) is 3. The van der Waals surface area contributed by atoms with Gasteiger partial charge < -0.3 is 20.5 Å². The van der Waals surface area contributed by atoms with Gasteiger partial charge in [-0.25, -0.2) is 4.79 Å². The van der Waals surface area contributed by atoms with Gasteiger partial charge in [0.25, 0.3) is 0 Å². The molecule has 2 aliphatic carbocycles. The lowest BCUT2D eigenvalue weighted by Gasteiger charge is -2.22. The number of carboxylic acid groups (broad SMARTS) is 1. The predicted octanol–water partition coefficient (Wildman–Crippen LogP) is 1.66. The van der Waals surface area contributed by atoms with Crippen molar-refractivity contribution < 1.29 is 19.4 Å². The van der Waals surface area contributed by atoms with E-state index < -0.39 is 11.9 Å². The number of amides is 2. The van der Waals surface area contributed by atoms with E-state index in [1.54, 1.807) is 12.2 Å². The molecule has 0 bridgehead atoms. The number of ether oxygens (including phenoxy) is 1. The maximum absolute atomic E-state index is 11.7. The van der Waals surface area contributed by atoms with Crippen LogP contribution in [-0.2, 0) is 9.53 Å². The third kappa shape index (κ3) is 5.38. The molecule has 1 fully saturated rings. The highest BCUT2D eigenvalue weighted by molar-refractivity contribution is 5.76. The third-order valence-corrected chi connectivity index (χ3v) is 4.01. The molecule has 118 valence electrons. The molecule has 0 aromatic rings. The van der Waals surface area contributed by atoms with Crippen LogP contribution in [0.1, 0.15) is 38.5 Å². The second-order valence-corrected chi connectivity index (χ2v) is 5.70. The first kappa shape index (κ1) is 15.8. The molecule has 2 amide bonds. The number of carbonyl (C=O) groups is 2. The zero-order chi connectivity index (χ0) is 15.1. The summed E-state index contributed by atoms with van der Waals surface area (Å²) in [6, 6.07) is -0.478. The molecule has 3 N–H and O–H groups in total. The number of carboxylic acids is 1. The van der Waals surface area contributed by atoms with Gasteiger partial charge in [0.1, 0.15) is 0 Å². The zero-order valence-corrected chi connectivity index (χ0v) is 12.2.